The van der Waals surface area contributed by atoms with E-state index < -0.39 is 0 Å². The van der Waals surface area contributed by atoms with Crippen molar-refractivity contribution in [3.05, 3.63) is 108 Å². The Morgan fingerprint density at radius 1 is 0.590 bits per heavy atom. The molecule has 5 aromatic heterocycles. The molecule has 0 saturated heterocycles. The lowest BCUT2D eigenvalue weighted by Gasteiger charge is -2.12. The molecule has 0 saturated carbocycles. The van der Waals surface area contributed by atoms with Crippen molar-refractivity contribution in [1.29, 1.82) is 0 Å². The smallest absolute Gasteiger partial charge is 0.143 e. The van der Waals surface area contributed by atoms with E-state index in [1.807, 2.05) is 12.4 Å². The van der Waals surface area contributed by atoms with Crippen LogP contribution in [-0.4, -0.2) is 28.7 Å². The lowest BCUT2D eigenvalue weighted by atomic mass is 10.1. The number of rotatable bonds is 2. The van der Waals surface area contributed by atoms with Gasteiger partial charge in [0.25, 0.3) is 0 Å². The van der Waals surface area contributed by atoms with Gasteiger partial charge >= 0.3 is 0 Å². The molecule has 0 spiro atoms. The van der Waals surface area contributed by atoms with Crippen molar-refractivity contribution in [2.24, 2.45) is 0 Å². The van der Waals surface area contributed by atoms with Gasteiger partial charge in [0.15, 0.2) is 0 Å². The SMILES string of the molecule is c1cc2n(c1)-c1c(cnn1-c1ccc3oc4ccc(-n5ncc6c5-n5cccc5CCC6)cc4c3c1)CCC2. The molecule has 7 nitrogen and oxygen atoms in total. The lowest BCUT2D eigenvalue weighted by Crippen LogP contribution is -2.07. The largest absolute Gasteiger partial charge is 0.456 e. The van der Waals surface area contributed by atoms with Gasteiger partial charge in [0.1, 0.15) is 22.8 Å². The number of hydrogen-bond donors (Lipinski definition) is 0. The molecule has 0 N–H and O–H groups in total. The Morgan fingerprint density at radius 2 is 1.10 bits per heavy atom. The normalized spacial score (nSPS) is 14.6. The summed E-state index contributed by atoms with van der Waals surface area (Å²) in [4.78, 5) is 0. The second-order valence-electron chi connectivity index (χ2n) is 10.7. The number of benzene rings is 2. The van der Waals surface area contributed by atoms with E-state index in [4.69, 9.17) is 14.6 Å². The van der Waals surface area contributed by atoms with Crippen LogP contribution >= 0.6 is 0 Å². The first-order valence-electron chi connectivity index (χ1n) is 13.8. The third-order valence-electron chi connectivity index (χ3n) is 8.44. The maximum atomic E-state index is 6.28. The fourth-order valence-electron chi connectivity index (χ4n) is 6.59. The van der Waals surface area contributed by atoms with Crippen LogP contribution < -0.4 is 0 Å². The fourth-order valence-corrected chi connectivity index (χ4v) is 6.59. The molecular weight excluding hydrogens is 484 g/mol. The molecule has 2 aliphatic rings. The van der Waals surface area contributed by atoms with Crippen LogP contribution in [0.5, 0.6) is 0 Å². The summed E-state index contributed by atoms with van der Waals surface area (Å²) < 4.78 is 15.0. The molecule has 190 valence electrons. The van der Waals surface area contributed by atoms with Crippen molar-refractivity contribution in [3.8, 4) is 23.0 Å². The zero-order valence-electron chi connectivity index (χ0n) is 21.4. The second kappa shape index (κ2) is 7.86. The highest BCUT2D eigenvalue weighted by Gasteiger charge is 2.22. The van der Waals surface area contributed by atoms with E-state index in [1.54, 1.807) is 0 Å². The molecule has 0 fully saturated rings. The summed E-state index contributed by atoms with van der Waals surface area (Å²) >= 11 is 0. The summed E-state index contributed by atoms with van der Waals surface area (Å²) in [5.74, 6) is 2.28. The van der Waals surface area contributed by atoms with E-state index in [-0.39, 0.29) is 0 Å². The highest BCUT2D eigenvalue weighted by atomic mass is 16.3. The standard InChI is InChI=1S/C32H26N6O/c1-5-21-19-33-37(31(21)35-15-3-9-23(35)7-1)25-11-13-29-27(17-25)28-18-26(12-14-30(28)39-29)38-32-22(20-34-38)6-2-8-24-10-4-16-36(24)32/h3-4,9-20H,1-2,5-8H2. The number of fused-ring (bicyclic) bond motifs is 9. The van der Waals surface area contributed by atoms with Gasteiger partial charge in [-0.1, -0.05) is 0 Å². The minimum absolute atomic E-state index is 0.873. The van der Waals surface area contributed by atoms with Gasteiger partial charge < -0.3 is 13.6 Å². The van der Waals surface area contributed by atoms with Crippen molar-refractivity contribution in [3.63, 3.8) is 0 Å². The van der Waals surface area contributed by atoms with Crippen LogP contribution in [0.4, 0.5) is 0 Å². The summed E-state index contributed by atoms with van der Waals surface area (Å²) in [6.45, 7) is 0. The van der Waals surface area contributed by atoms with Crippen molar-refractivity contribution in [2.45, 2.75) is 38.5 Å². The van der Waals surface area contributed by atoms with Crippen LogP contribution in [0.2, 0.25) is 0 Å². The topological polar surface area (TPSA) is 58.6 Å². The maximum Gasteiger partial charge on any atom is 0.143 e. The van der Waals surface area contributed by atoms with Gasteiger partial charge in [-0.15, -0.1) is 0 Å². The van der Waals surface area contributed by atoms with Crippen molar-refractivity contribution < 1.29 is 4.42 Å². The number of hydrogen-bond acceptors (Lipinski definition) is 3. The van der Waals surface area contributed by atoms with Gasteiger partial charge in [-0.2, -0.15) is 10.2 Å². The quantitative estimate of drug-likeness (QED) is 0.266. The fraction of sp³-hybridized carbons (Fsp3) is 0.188. The van der Waals surface area contributed by atoms with Crippen LogP contribution in [0.25, 0.3) is 44.9 Å². The molecular formula is C32H26N6O. The Kier molecular flexibility index (Phi) is 4.27. The van der Waals surface area contributed by atoms with E-state index in [2.05, 4.69) is 91.6 Å². The highest BCUT2D eigenvalue weighted by Crippen LogP contribution is 2.35. The molecule has 39 heavy (non-hydrogen) atoms. The molecule has 0 amide bonds. The van der Waals surface area contributed by atoms with Gasteiger partial charge in [-0.25, -0.2) is 9.36 Å². The zero-order valence-corrected chi connectivity index (χ0v) is 21.4. The van der Waals surface area contributed by atoms with Crippen LogP contribution in [0.1, 0.15) is 35.4 Å². The van der Waals surface area contributed by atoms with Crippen molar-refractivity contribution in [1.82, 2.24) is 28.7 Å². The molecule has 0 aliphatic carbocycles. The monoisotopic (exact) mass is 510 g/mol. The van der Waals surface area contributed by atoms with Crippen LogP contribution in [0.15, 0.2) is 89.9 Å². The van der Waals surface area contributed by atoms with Gasteiger partial charge in [-0.3, -0.25) is 0 Å². The third-order valence-corrected chi connectivity index (χ3v) is 8.44. The summed E-state index contributed by atoms with van der Waals surface area (Å²) in [7, 11) is 0. The highest BCUT2D eigenvalue weighted by molar-refractivity contribution is 6.06. The molecule has 0 atom stereocenters. The first-order valence-corrected chi connectivity index (χ1v) is 13.8. The average molecular weight is 511 g/mol. The molecule has 7 heteroatoms. The molecule has 2 aromatic carbocycles. The average Bonchev–Trinajstić information content (AvgIpc) is 3.77. The Morgan fingerprint density at radius 3 is 1.62 bits per heavy atom. The van der Waals surface area contributed by atoms with E-state index in [9.17, 15) is 0 Å². The second-order valence-corrected chi connectivity index (χ2v) is 10.7. The van der Waals surface area contributed by atoms with Crippen LogP contribution in [0.3, 0.4) is 0 Å². The molecule has 7 aromatic rings. The maximum absolute atomic E-state index is 6.28. The molecule has 0 unspecified atom stereocenters. The summed E-state index contributed by atoms with van der Waals surface area (Å²) in [5, 5.41) is 11.8. The van der Waals surface area contributed by atoms with Gasteiger partial charge in [0, 0.05) is 45.7 Å². The summed E-state index contributed by atoms with van der Waals surface area (Å²) in [6, 6.07) is 21.4. The predicted octanol–water partition coefficient (Wildman–Crippen LogP) is 6.52. The molecule has 2 aliphatic heterocycles. The van der Waals surface area contributed by atoms with Crippen molar-refractivity contribution in [2.75, 3.05) is 0 Å². The van der Waals surface area contributed by atoms with Crippen LogP contribution in [-0.2, 0) is 25.7 Å². The van der Waals surface area contributed by atoms with Crippen molar-refractivity contribution >= 4 is 21.9 Å². The predicted molar refractivity (Wildman–Crippen MR) is 151 cm³/mol. The van der Waals surface area contributed by atoms with Crippen LogP contribution in [0, 0.1) is 0 Å². The Bertz CT molecular complexity index is 1900. The number of aromatic nitrogens is 6. The summed E-state index contributed by atoms with van der Waals surface area (Å²) in [6.07, 6.45) is 14.9. The minimum Gasteiger partial charge on any atom is -0.456 e. The Labute approximate surface area is 224 Å². The molecule has 9 rings (SSSR count). The minimum atomic E-state index is 0.873. The van der Waals surface area contributed by atoms with Gasteiger partial charge in [-0.05, 0) is 99.2 Å². The third kappa shape index (κ3) is 3.04. The molecule has 0 bridgehead atoms. The first-order chi connectivity index (χ1) is 19.3. The number of nitrogens with zero attached hydrogens (tertiary/aromatic N) is 6. The zero-order chi connectivity index (χ0) is 25.5. The Hall–Kier alpha value is -4.78. The van der Waals surface area contributed by atoms with E-state index in [0.29, 0.717) is 0 Å². The van der Waals surface area contributed by atoms with E-state index >= 15 is 0 Å². The Balaban J connectivity index is 1.22. The number of aryl methyl sites for hydroxylation is 4. The summed E-state index contributed by atoms with van der Waals surface area (Å²) in [5.41, 5.74) is 9.04. The van der Waals surface area contributed by atoms with E-state index in [0.717, 1.165) is 83.5 Å². The lowest BCUT2D eigenvalue weighted by molar-refractivity contribution is 0.668. The molecule has 0 radical (unpaired) electrons. The van der Waals surface area contributed by atoms with Gasteiger partial charge in [0.05, 0.1) is 23.8 Å². The first kappa shape index (κ1) is 21.2. The number of furan rings is 1. The van der Waals surface area contributed by atoms with Gasteiger partial charge in [0.2, 0.25) is 0 Å². The van der Waals surface area contributed by atoms with E-state index in [1.165, 1.54) is 22.5 Å². The molecule has 7 heterocycles.